The van der Waals surface area contributed by atoms with E-state index in [4.69, 9.17) is 4.52 Å². The van der Waals surface area contributed by atoms with Gasteiger partial charge in [-0.3, -0.25) is 0 Å². The van der Waals surface area contributed by atoms with Crippen molar-refractivity contribution in [2.24, 2.45) is 0 Å². The van der Waals surface area contributed by atoms with Crippen LogP contribution in [0.25, 0.3) is 11.5 Å². The van der Waals surface area contributed by atoms with E-state index in [2.05, 4.69) is 25.2 Å². The SMILES string of the molecule is Cc1noc(-c2ccnc(NCCNS(=O)(=O)c3cc(C)sc3C)c2)n1. The van der Waals surface area contributed by atoms with Crippen LogP contribution in [-0.2, 0) is 10.0 Å². The Morgan fingerprint density at radius 2 is 2.00 bits per heavy atom. The van der Waals surface area contributed by atoms with Crippen molar-refractivity contribution in [2.75, 3.05) is 18.4 Å². The number of hydrogen-bond donors (Lipinski definition) is 2. The number of nitrogens with one attached hydrogen (secondary N) is 2. The Balaban J connectivity index is 1.58. The van der Waals surface area contributed by atoms with Gasteiger partial charge in [0.2, 0.25) is 10.0 Å². The number of thiophene rings is 1. The van der Waals surface area contributed by atoms with Crippen molar-refractivity contribution in [2.45, 2.75) is 25.7 Å². The van der Waals surface area contributed by atoms with E-state index in [1.54, 1.807) is 38.2 Å². The van der Waals surface area contributed by atoms with Crippen molar-refractivity contribution in [3.8, 4) is 11.5 Å². The number of sulfonamides is 1. The van der Waals surface area contributed by atoms with Crippen molar-refractivity contribution < 1.29 is 12.9 Å². The standard InChI is InChI=1S/C16H19N5O3S2/c1-10-8-14(11(2)25-10)26(22,23)19-7-6-18-15-9-13(4-5-17-15)16-20-12(3)21-24-16/h4-5,8-9,19H,6-7H2,1-3H3,(H,17,18). The van der Waals surface area contributed by atoms with Gasteiger partial charge in [-0.05, 0) is 39.0 Å². The highest BCUT2D eigenvalue weighted by atomic mass is 32.2. The summed E-state index contributed by atoms with van der Waals surface area (Å²) in [5.41, 5.74) is 0.744. The summed E-state index contributed by atoms with van der Waals surface area (Å²) in [6, 6.07) is 5.23. The molecule has 0 aliphatic rings. The Labute approximate surface area is 155 Å². The summed E-state index contributed by atoms with van der Waals surface area (Å²) in [5, 5.41) is 6.84. The molecule has 0 atom stereocenters. The van der Waals surface area contributed by atoms with Gasteiger partial charge in [0.1, 0.15) is 5.82 Å². The molecule has 138 valence electrons. The number of hydrogen-bond acceptors (Lipinski definition) is 8. The van der Waals surface area contributed by atoms with Crippen LogP contribution in [0.5, 0.6) is 0 Å². The molecule has 0 spiro atoms. The lowest BCUT2D eigenvalue weighted by Gasteiger charge is -2.08. The fourth-order valence-electron chi connectivity index (χ4n) is 2.40. The molecule has 0 fully saturated rings. The first-order valence-corrected chi connectivity index (χ1v) is 10.2. The first-order chi connectivity index (χ1) is 12.3. The van der Waals surface area contributed by atoms with Gasteiger partial charge in [0.15, 0.2) is 5.82 Å². The number of aryl methyl sites for hydroxylation is 3. The van der Waals surface area contributed by atoms with Crippen LogP contribution in [0.2, 0.25) is 0 Å². The van der Waals surface area contributed by atoms with E-state index in [1.807, 2.05) is 6.92 Å². The van der Waals surface area contributed by atoms with Gasteiger partial charge in [-0.15, -0.1) is 11.3 Å². The number of anilines is 1. The molecule has 0 radical (unpaired) electrons. The zero-order valence-electron chi connectivity index (χ0n) is 14.6. The van der Waals surface area contributed by atoms with Gasteiger partial charge in [0.25, 0.3) is 5.89 Å². The molecule has 2 N–H and O–H groups in total. The van der Waals surface area contributed by atoms with Gasteiger partial charge in [0.05, 0.1) is 4.90 Å². The number of pyridine rings is 1. The third-order valence-corrected chi connectivity index (χ3v) is 6.22. The van der Waals surface area contributed by atoms with Crippen LogP contribution in [0.4, 0.5) is 5.82 Å². The number of aromatic nitrogens is 3. The molecule has 0 amide bonds. The molecule has 8 nitrogen and oxygen atoms in total. The molecule has 26 heavy (non-hydrogen) atoms. The summed E-state index contributed by atoms with van der Waals surface area (Å²) in [7, 11) is -3.51. The lowest BCUT2D eigenvalue weighted by Crippen LogP contribution is -2.29. The van der Waals surface area contributed by atoms with Crippen LogP contribution in [-0.4, -0.2) is 36.6 Å². The average molecular weight is 393 g/mol. The van der Waals surface area contributed by atoms with Crippen LogP contribution in [0.15, 0.2) is 33.8 Å². The molecule has 0 aliphatic carbocycles. The lowest BCUT2D eigenvalue weighted by molar-refractivity contribution is 0.425. The predicted molar refractivity (Wildman–Crippen MR) is 99.7 cm³/mol. The quantitative estimate of drug-likeness (QED) is 0.593. The summed E-state index contributed by atoms with van der Waals surface area (Å²) < 4.78 is 32.4. The fraction of sp³-hybridized carbons (Fsp3) is 0.312. The lowest BCUT2D eigenvalue weighted by atomic mass is 10.2. The monoisotopic (exact) mass is 393 g/mol. The molecule has 0 saturated heterocycles. The van der Waals surface area contributed by atoms with Gasteiger partial charge < -0.3 is 9.84 Å². The number of nitrogens with zero attached hydrogens (tertiary/aromatic N) is 3. The summed E-state index contributed by atoms with van der Waals surface area (Å²) >= 11 is 1.47. The van der Waals surface area contributed by atoms with Crippen molar-refractivity contribution in [1.82, 2.24) is 19.8 Å². The molecule has 3 aromatic heterocycles. The third-order valence-electron chi connectivity index (χ3n) is 3.54. The van der Waals surface area contributed by atoms with Crippen molar-refractivity contribution in [3.63, 3.8) is 0 Å². The van der Waals surface area contributed by atoms with E-state index in [0.29, 0.717) is 29.0 Å². The Morgan fingerprint density at radius 1 is 1.19 bits per heavy atom. The molecule has 0 unspecified atom stereocenters. The largest absolute Gasteiger partial charge is 0.369 e. The van der Waals surface area contributed by atoms with Gasteiger partial charge >= 0.3 is 0 Å². The smallest absolute Gasteiger partial charge is 0.258 e. The maximum Gasteiger partial charge on any atom is 0.258 e. The first kappa shape index (κ1) is 18.5. The molecule has 0 aromatic carbocycles. The fourth-order valence-corrected chi connectivity index (χ4v) is 4.99. The Bertz CT molecular complexity index is 1010. The predicted octanol–water partition coefficient (Wildman–Crippen LogP) is 2.51. The molecule has 3 rings (SSSR count). The zero-order valence-corrected chi connectivity index (χ0v) is 16.2. The Morgan fingerprint density at radius 3 is 2.65 bits per heavy atom. The van der Waals surface area contributed by atoms with Crippen molar-refractivity contribution >= 4 is 27.2 Å². The second kappa shape index (κ2) is 7.52. The Kier molecular flexibility index (Phi) is 5.35. The molecular weight excluding hydrogens is 374 g/mol. The minimum Gasteiger partial charge on any atom is -0.369 e. The van der Waals surface area contributed by atoms with Gasteiger partial charge in [0, 0.05) is 34.6 Å². The van der Waals surface area contributed by atoms with E-state index < -0.39 is 10.0 Å². The van der Waals surface area contributed by atoms with Crippen LogP contribution >= 0.6 is 11.3 Å². The molecule has 3 aromatic rings. The average Bonchev–Trinajstić information content (AvgIpc) is 3.17. The normalized spacial score (nSPS) is 11.7. The van der Waals surface area contributed by atoms with Crippen LogP contribution < -0.4 is 10.0 Å². The van der Waals surface area contributed by atoms with Crippen molar-refractivity contribution in [1.29, 1.82) is 0 Å². The van der Waals surface area contributed by atoms with Crippen LogP contribution in [0.1, 0.15) is 15.6 Å². The summed E-state index contributed by atoms with van der Waals surface area (Å²) in [6.07, 6.45) is 1.62. The second-order valence-corrected chi connectivity index (χ2v) is 8.87. The molecule has 3 heterocycles. The molecule has 0 aliphatic heterocycles. The van der Waals surface area contributed by atoms with E-state index in [0.717, 1.165) is 15.3 Å². The van der Waals surface area contributed by atoms with Crippen molar-refractivity contribution in [3.05, 3.63) is 40.0 Å². The van der Waals surface area contributed by atoms with E-state index in [1.165, 1.54) is 11.3 Å². The van der Waals surface area contributed by atoms with Gasteiger partial charge in [-0.1, -0.05) is 5.16 Å². The topological polar surface area (TPSA) is 110 Å². The molecule has 0 bridgehead atoms. The minimum absolute atomic E-state index is 0.238. The summed E-state index contributed by atoms with van der Waals surface area (Å²) in [5.74, 6) is 1.57. The van der Waals surface area contributed by atoms with E-state index in [9.17, 15) is 8.42 Å². The summed E-state index contributed by atoms with van der Waals surface area (Å²) in [6.45, 7) is 6.07. The van der Waals surface area contributed by atoms with Crippen LogP contribution in [0.3, 0.4) is 0 Å². The molecule has 0 saturated carbocycles. The highest BCUT2D eigenvalue weighted by Gasteiger charge is 2.18. The minimum atomic E-state index is -3.51. The highest BCUT2D eigenvalue weighted by molar-refractivity contribution is 7.89. The summed E-state index contributed by atoms with van der Waals surface area (Å²) in [4.78, 5) is 10.5. The van der Waals surface area contributed by atoms with Crippen LogP contribution in [0, 0.1) is 20.8 Å². The zero-order chi connectivity index (χ0) is 18.7. The highest BCUT2D eigenvalue weighted by Crippen LogP contribution is 2.24. The number of rotatable bonds is 7. The maximum atomic E-state index is 12.3. The first-order valence-electron chi connectivity index (χ1n) is 7.92. The third kappa shape index (κ3) is 4.26. The Hall–Kier alpha value is -2.30. The second-order valence-electron chi connectivity index (χ2n) is 5.68. The maximum absolute atomic E-state index is 12.3. The van der Waals surface area contributed by atoms with E-state index >= 15 is 0 Å². The van der Waals surface area contributed by atoms with E-state index in [-0.39, 0.29) is 6.54 Å². The molecule has 10 heteroatoms. The van der Waals surface area contributed by atoms with Gasteiger partial charge in [-0.2, -0.15) is 4.98 Å². The molecular formula is C16H19N5O3S2. The van der Waals surface area contributed by atoms with Gasteiger partial charge in [-0.25, -0.2) is 18.1 Å².